The molecule has 0 unspecified atom stereocenters. The molecule has 0 saturated heterocycles. The summed E-state index contributed by atoms with van der Waals surface area (Å²) in [6.07, 6.45) is 12.1. The van der Waals surface area contributed by atoms with Crippen LogP contribution < -0.4 is 5.32 Å². The molecule has 2 saturated carbocycles. The van der Waals surface area contributed by atoms with Crippen molar-refractivity contribution in [2.24, 2.45) is 23.7 Å². The predicted octanol–water partition coefficient (Wildman–Crippen LogP) is 5.86. The van der Waals surface area contributed by atoms with E-state index in [-0.39, 0.29) is 42.2 Å². The first-order chi connectivity index (χ1) is 22.9. The van der Waals surface area contributed by atoms with Gasteiger partial charge in [0.15, 0.2) is 0 Å². The molecular weight excluding hydrogens is 628 g/mol. The topological polar surface area (TPSA) is 123 Å². The minimum Gasteiger partial charge on any atom is -0.390 e. The molecule has 1 aromatic rings. The summed E-state index contributed by atoms with van der Waals surface area (Å²) in [6, 6.07) is 5.05. The number of nitrogens with zero attached hydrogens (tertiary/aromatic N) is 3. The second-order valence-corrected chi connectivity index (χ2v) is 15.4. The van der Waals surface area contributed by atoms with E-state index >= 15 is 0 Å². The number of hydrogen-bond acceptors (Lipinski definition) is 6. The van der Waals surface area contributed by atoms with E-state index in [1.54, 1.807) is 23.0 Å². The zero-order chi connectivity index (χ0) is 35.1. The van der Waals surface area contributed by atoms with Crippen LogP contribution in [0.4, 0.5) is 0 Å². The smallest absolute Gasteiger partial charge is 0.241 e. The molecule has 3 N–H and O–H groups in total. The van der Waals surface area contributed by atoms with Gasteiger partial charge >= 0.3 is 0 Å². The maximum Gasteiger partial charge on any atom is 0.241 e. The summed E-state index contributed by atoms with van der Waals surface area (Å²) in [5.41, 5.74) is 0.895. The first-order valence-corrected chi connectivity index (χ1v) is 18.7. The summed E-state index contributed by atoms with van der Waals surface area (Å²) in [5.74, 6) is -0.809. The van der Waals surface area contributed by atoms with Gasteiger partial charge in [0.1, 0.15) is 6.10 Å². The number of halogens is 1. The molecule has 2 fully saturated rings. The van der Waals surface area contributed by atoms with Crippen molar-refractivity contribution in [2.75, 3.05) is 26.7 Å². The number of carbonyl (C=O) groups excluding carboxylic acids is 3. The first kappa shape index (κ1) is 39.9. The highest BCUT2D eigenvalue weighted by Gasteiger charge is 2.34. The Balaban J connectivity index is 1.74. The largest absolute Gasteiger partial charge is 0.390 e. The number of nitrogens with one attached hydrogen (secondary N) is 1. The van der Waals surface area contributed by atoms with Crippen molar-refractivity contribution in [1.82, 2.24) is 20.1 Å². The number of aliphatic hydroxyl groups excluding tert-OH is 2. The normalized spacial score (nSPS) is 18.5. The van der Waals surface area contributed by atoms with Gasteiger partial charge in [0, 0.05) is 49.9 Å². The minimum absolute atomic E-state index is 0.0609. The molecular formula is C38H61ClN4O5. The van der Waals surface area contributed by atoms with E-state index in [9.17, 15) is 24.6 Å². The Kier molecular flexibility index (Phi) is 17.4. The van der Waals surface area contributed by atoms with Crippen LogP contribution in [-0.2, 0) is 20.8 Å². The molecule has 9 nitrogen and oxygen atoms in total. The number of aliphatic hydroxyl groups is 2. The van der Waals surface area contributed by atoms with Gasteiger partial charge in [-0.1, -0.05) is 89.5 Å². The third kappa shape index (κ3) is 14.2. The van der Waals surface area contributed by atoms with Crippen molar-refractivity contribution in [3.8, 4) is 0 Å². The van der Waals surface area contributed by atoms with Crippen LogP contribution in [0.3, 0.4) is 0 Å². The number of pyridine rings is 1. The van der Waals surface area contributed by atoms with Gasteiger partial charge in [-0.3, -0.25) is 19.4 Å². The van der Waals surface area contributed by atoms with Crippen molar-refractivity contribution in [3.63, 3.8) is 0 Å². The fourth-order valence-corrected chi connectivity index (χ4v) is 7.48. The van der Waals surface area contributed by atoms with Gasteiger partial charge in [0.25, 0.3) is 0 Å². The average molecular weight is 689 g/mol. The standard InChI is InChI=1S/C38H61ClN4O5/c1-27(2)21-34(44)37(47)33(23-29-13-7-5-8-14-29)41-38(48)31(22-28(3)39)24-35(45)43(25-30-15-9-6-10-16-30)26-36(46)42(4)20-18-32-17-11-12-19-40-32/h11-12,17,19,27,29-31,33-34,37,44,47H,3,5-10,13-16,18,20-26H2,1-2,4H3,(H,41,48)/t31-,33-,34-,37+/m0/s1. The van der Waals surface area contributed by atoms with Gasteiger partial charge in [-0.2, -0.15) is 0 Å². The number of aromatic nitrogens is 1. The summed E-state index contributed by atoms with van der Waals surface area (Å²) >= 11 is 6.25. The van der Waals surface area contributed by atoms with Crippen LogP contribution in [-0.4, -0.2) is 87.7 Å². The lowest BCUT2D eigenvalue weighted by Gasteiger charge is -2.34. The zero-order valence-electron chi connectivity index (χ0n) is 29.6. The molecule has 0 aliphatic heterocycles. The molecule has 2 aliphatic carbocycles. The van der Waals surface area contributed by atoms with Crippen molar-refractivity contribution in [1.29, 1.82) is 0 Å². The molecule has 270 valence electrons. The molecule has 1 aromatic heterocycles. The van der Waals surface area contributed by atoms with Crippen LogP contribution in [0.25, 0.3) is 0 Å². The third-order valence-corrected chi connectivity index (χ3v) is 10.3. The fourth-order valence-electron chi connectivity index (χ4n) is 7.29. The maximum atomic E-state index is 14.0. The number of rotatable bonds is 19. The quantitative estimate of drug-likeness (QED) is 0.167. The molecule has 0 spiro atoms. The molecule has 3 rings (SSSR count). The van der Waals surface area contributed by atoms with Gasteiger partial charge in [-0.05, 0) is 62.0 Å². The number of hydrogen-bond donors (Lipinski definition) is 3. The van der Waals surface area contributed by atoms with E-state index in [0.717, 1.165) is 57.1 Å². The summed E-state index contributed by atoms with van der Waals surface area (Å²) in [7, 11) is 1.74. The molecule has 10 heteroatoms. The van der Waals surface area contributed by atoms with Crippen LogP contribution in [0, 0.1) is 23.7 Å². The first-order valence-electron chi connectivity index (χ1n) is 18.3. The third-order valence-electron chi connectivity index (χ3n) is 10.2. The fraction of sp³-hybridized carbons (Fsp3) is 0.737. The Morgan fingerprint density at radius 2 is 1.62 bits per heavy atom. The van der Waals surface area contributed by atoms with Crippen LogP contribution in [0.15, 0.2) is 36.0 Å². The van der Waals surface area contributed by atoms with Crippen molar-refractivity contribution < 1.29 is 24.6 Å². The van der Waals surface area contributed by atoms with Gasteiger partial charge in [-0.25, -0.2) is 0 Å². The Morgan fingerprint density at radius 1 is 0.979 bits per heavy atom. The maximum absolute atomic E-state index is 14.0. The van der Waals surface area contributed by atoms with Crippen LogP contribution in [0.5, 0.6) is 0 Å². The van der Waals surface area contributed by atoms with E-state index < -0.39 is 30.1 Å². The van der Waals surface area contributed by atoms with E-state index in [2.05, 4.69) is 16.9 Å². The summed E-state index contributed by atoms with van der Waals surface area (Å²) in [6.45, 7) is 8.68. The van der Waals surface area contributed by atoms with Crippen molar-refractivity contribution >= 4 is 29.3 Å². The molecule has 1 heterocycles. The van der Waals surface area contributed by atoms with E-state index in [1.807, 2.05) is 32.0 Å². The molecule has 0 radical (unpaired) electrons. The molecule has 2 aliphatic rings. The van der Waals surface area contributed by atoms with E-state index in [0.29, 0.717) is 44.2 Å². The summed E-state index contributed by atoms with van der Waals surface area (Å²) < 4.78 is 0. The van der Waals surface area contributed by atoms with Crippen LogP contribution in [0.1, 0.15) is 109 Å². The highest BCUT2D eigenvalue weighted by Crippen LogP contribution is 2.30. The highest BCUT2D eigenvalue weighted by atomic mass is 35.5. The number of allylic oxidation sites excluding steroid dienone is 1. The molecule has 0 bridgehead atoms. The van der Waals surface area contributed by atoms with Crippen LogP contribution >= 0.6 is 11.6 Å². The minimum atomic E-state index is -1.13. The molecule has 4 atom stereocenters. The van der Waals surface area contributed by atoms with Gasteiger partial charge in [-0.15, -0.1) is 0 Å². The predicted molar refractivity (Wildman–Crippen MR) is 191 cm³/mol. The Bertz CT molecular complexity index is 1140. The Labute approximate surface area is 293 Å². The number of amides is 3. The van der Waals surface area contributed by atoms with E-state index in [4.69, 9.17) is 11.6 Å². The summed E-state index contributed by atoms with van der Waals surface area (Å²) in [5, 5.41) is 25.4. The van der Waals surface area contributed by atoms with Crippen molar-refractivity contribution in [3.05, 3.63) is 41.7 Å². The molecule has 0 aromatic carbocycles. The molecule has 48 heavy (non-hydrogen) atoms. The Morgan fingerprint density at radius 3 is 2.21 bits per heavy atom. The van der Waals surface area contributed by atoms with Crippen molar-refractivity contribution in [2.45, 2.75) is 128 Å². The highest BCUT2D eigenvalue weighted by molar-refractivity contribution is 6.29. The lowest BCUT2D eigenvalue weighted by molar-refractivity contribution is -0.142. The van der Waals surface area contributed by atoms with Gasteiger partial charge in [0.2, 0.25) is 17.7 Å². The number of likely N-dealkylation sites (N-methyl/N-ethyl adjacent to an activating group) is 1. The summed E-state index contributed by atoms with van der Waals surface area (Å²) in [4.78, 5) is 49.0. The number of carbonyl (C=O) groups is 3. The van der Waals surface area contributed by atoms with Gasteiger partial charge in [0.05, 0.1) is 24.6 Å². The zero-order valence-corrected chi connectivity index (χ0v) is 30.4. The second-order valence-electron chi connectivity index (χ2n) is 14.8. The lowest BCUT2D eigenvalue weighted by Crippen LogP contribution is -2.52. The monoisotopic (exact) mass is 688 g/mol. The van der Waals surface area contributed by atoms with E-state index in [1.165, 1.54) is 12.8 Å². The molecule has 3 amide bonds. The lowest BCUT2D eigenvalue weighted by atomic mass is 9.82. The Hall–Kier alpha value is -2.49. The van der Waals surface area contributed by atoms with Crippen LogP contribution in [0.2, 0.25) is 0 Å². The average Bonchev–Trinajstić information content (AvgIpc) is 3.06. The SMILES string of the molecule is C=C(Cl)C[C@@H](CC(=O)N(CC(=O)N(C)CCc1ccccn1)CC1CCCCC1)C(=O)N[C@@H](CC1CCCCC1)[C@@H](O)[C@@H](O)CC(C)C. The second kappa shape index (κ2) is 20.9. The van der Waals surface area contributed by atoms with Gasteiger partial charge < -0.3 is 25.3 Å².